The van der Waals surface area contributed by atoms with Crippen LogP contribution in [0.15, 0.2) is 48.9 Å². The van der Waals surface area contributed by atoms with Gasteiger partial charge in [-0.25, -0.2) is 14.6 Å². The Hall–Kier alpha value is -5.67. The number of fused-ring (bicyclic) bond motifs is 4. The van der Waals surface area contributed by atoms with Gasteiger partial charge in [-0.05, 0) is 74.6 Å². The number of anilines is 1. The van der Waals surface area contributed by atoms with E-state index in [2.05, 4.69) is 30.8 Å². The summed E-state index contributed by atoms with van der Waals surface area (Å²) in [5.74, 6) is -0.710. The number of rotatable bonds is 14. The largest absolute Gasteiger partial charge is 0.467 e. The number of H-pyrrole nitrogens is 1. The Kier molecular flexibility index (Phi) is 11.6. The summed E-state index contributed by atoms with van der Waals surface area (Å²) in [6.45, 7) is 9.27. The quantitative estimate of drug-likeness (QED) is 0.124. The first-order chi connectivity index (χ1) is 26.3. The molecule has 3 amide bonds. The van der Waals surface area contributed by atoms with Crippen molar-refractivity contribution in [3.8, 4) is 0 Å². The molecule has 3 N–H and O–H groups in total. The molecule has 4 heterocycles. The lowest BCUT2D eigenvalue weighted by atomic mass is 9.79. The third kappa shape index (κ3) is 9.01. The summed E-state index contributed by atoms with van der Waals surface area (Å²) in [7, 11) is 2.95. The Morgan fingerprint density at radius 3 is 2.62 bits per heavy atom. The van der Waals surface area contributed by atoms with Crippen molar-refractivity contribution in [1.82, 2.24) is 30.4 Å². The Morgan fingerprint density at radius 1 is 1.04 bits per heavy atom. The number of amides is 3. The van der Waals surface area contributed by atoms with Crippen LogP contribution in [0.25, 0.3) is 17.0 Å². The van der Waals surface area contributed by atoms with E-state index in [1.54, 1.807) is 25.5 Å². The van der Waals surface area contributed by atoms with Crippen LogP contribution in [0.3, 0.4) is 0 Å². The monoisotopic (exact) mass is 753 g/mol. The number of carbonyl (C=O) groups is 4. The van der Waals surface area contributed by atoms with E-state index >= 15 is 0 Å². The van der Waals surface area contributed by atoms with Crippen LogP contribution in [-0.4, -0.2) is 108 Å². The van der Waals surface area contributed by atoms with E-state index in [1.807, 2.05) is 58.0 Å². The van der Waals surface area contributed by atoms with Gasteiger partial charge in [-0.1, -0.05) is 18.2 Å². The Morgan fingerprint density at radius 2 is 1.84 bits per heavy atom. The van der Waals surface area contributed by atoms with Crippen LogP contribution in [0, 0.1) is 6.92 Å². The highest BCUT2D eigenvalue weighted by Gasteiger charge is 2.52. The van der Waals surface area contributed by atoms with Gasteiger partial charge in [-0.15, -0.1) is 0 Å². The molecule has 2 atom stereocenters. The number of nitrogens with zero attached hydrogens (tertiary/aromatic N) is 4. The number of methoxy groups -OCH3 is 1. The standard InChI is InChI=1S/C40H47N7O8/c1-24-14-26(15-28-23-43-46-33(24)28)17-31(36(49)52-6)44-35(48)29-18-27-19-40(20-32(27)41-22-29)30-16-25(21-42-34(30)45-37(40)50)8-7-10-53-12-13-54-11-9-47(5)38(51)55-39(2,3)4/h7-8,14-16,18,21-23,31H,9-13,17,19-20H2,1-6H3,(H,43,46)(H,44,48)(H,42,45,50)/b8-7+/t31-,40+/m1/s1. The molecule has 2 aliphatic rings. The zero-order valence-corrected chi connectivity index (χ0v) is 32.0. The summed E-state index contributed by atoms with van der Waals surface area (Å²) in [5, 5.41) is 13.7. The number of aromatic amines is 1. The van der Waals surface area contributed by atoms with Gasteiger partial charge in [0.15, 0.2) is 0 Å². The van der Waals surface area contributed by atoms with Gasteiger partial charge < -0.3 is 34.5 Å². The molecule has 0 bridgehead atoms. The summed E-state index contributed by atoms with van der Waals surface area (Å²) < 4.78 is 21.6. The number of hydrogen-bond donors (Lipinski definition) is 3. The van der Waals surface area contributed by atoms with Crippen molar-refractivity contribution < 1.29 is 38.1 Å². The molecular weight excluding hydrogens is 706 g/mol. The van der Waals surface area contributed by atoms with Crippen LogP contribution >= 0.6 is 0 Å². The fourth-order valence-corrected chi connectivity index (χ4v) is 6.82. The molecular formula is C40H47N7O8. The lowest BCUT2D eigenvalue weighted by molar-refractivity contribution is -0.142. The smallest absolute Gasteiger partial charge is 0.410 e. The van der Waals surface area contributed by atoms with E-state index in [4.69, 9.17) is 18.9 Å². The molecule has 1 spiro atoms. The molecule has 15 heteroatoms. The van der Waals surface area contributed by atoms with Crippen LogP contribution in [0.5, 0.6) is 0 Å². The molecule has 6 rings (SSSR count). The van der Waals surface area contributed by atoms with Gasteiger partial charge in [-0.3, -0.25) is 19.7 Å². The van der Waals surface area contributed by atoms with Gasteiger partial charge in [0.2, 0.25) is 5.91 Å². The second-order valence-electron chi connectivity index (χ2n) is 14.9. The lowest BCUT2D eigenvalue weighted by Crippen LogP contribution is -2.43. The minimum atomic E-state index is -0.936. The molecule has 55 heavy (non-hydrogen) atoms. The number of aromatic nitrogens is 4. The first kappa shape index (κ1) is 39.0. The van der Waals surface area contributed by atoms with Crippen LogP contribution < -0.4 is 10.6 Å². The highest BCUT2D eigenvalue weighted by atomic mass is 16.6. The van der Waals surface area contributed by atoms with Crippen LogP contribution in [0.2, 0.25) is 0 Å². The maximum Gasteiger partial charge on any atom is 0.410 e. The Bertz CT molecular complexity index is 2120. The third-order valence-corrected chi connectivity index (χ3v) is 9.58. The summed E-state index contributed by atoms with van der Waals surface area (Å²) in [5.41, 5.74) is 4.61. The normalized spacial score (nSPS) is 16.6. The number of benzene rings is 1. The van der Waals surface area contributed by atoms with Crippen molar-refractivity contribution in [3.05, 3.63) is 88.0 Å². The van der Waals surface area contributed by atoms with E-state index in [-0.39, 0.29) is 17.9 Å². The van der Waals surface area contributed by atoms with Gasteiger partial charge in [0.25, 0.3) is 5.91 Å². The zero-order chi connectivity index (χ0) is 39.3. The Labute approximate surface area is 319 Å². The number of ether oxygens (including phenoxy) is 4. The lowest BCUT2D eigenvalue weighted by Gasteiger charge is -2.24. The average Bonchev–Trinajstić information content (AvgIpc) is 3.85. The van der Waals surface area contributed by atoms with Gasteiger partial charge in [0.1, 0.15) is 17.5 Å². The number of likely N-dealkylation sites (N-methyl/N-ethyl adjacent to an activating group) is 1. The second-order valence-corrected chi connectivity index (χ2v) is 14.9. The van der Waals surface area contributed by atoms with Gasteiger partial charge in [-0.2, -0.15) is 5.10 Å². The molecule has 1 aliphatic carbocycles. The van der Waals surface area contributed by atoms with Crippen molar-refractivity contribution in [3.63, 3.8) is 0 Å². The van der Waals surface area contributed by atoms with Crippen LogP contribution in [0.1, 0.15) is 64.6 Å². The average molecular weight is 754 g/mol. The summed E-state index contributed by atoms with van der Waals surface area (Å²) in [4.78, 5) is 62.4. The molecule has 0 fully saturated rings. The number of carbonyl (C=O) groups excluding carboxylic acids is 4. The Balaban J connectivity index is 1.03. The molecule has 3 aromatic heterocycles. The SMILES string of the molecule is COC(=O)[C@@H](Cc1cc(C)c2[nH]ncc2c1)NC(=O)c1cnc2c(c1)C[C@@]1(C2)C(=O)Nc2ncc(/C=C/COCCOCCN(C)C(=O)OC(C)(C)C)cc21. The van der Waals surface area contributed by atoms with Crippen molar-refractivity contribution in [2.75, 3.05) is 52.4 Å². The maximum absolute atomic E-state index is 13.5. The minimum absolute atomic E-state index is 0.170. The minimum Gasteiger partial charge on any atom is -0.467 e. The molecule has 0 radical (unpaired) electrons. The molecule has 4 aromatic rings. The van der Waals surface area contributed by atoms with Gasteiger partial charge in [0.05, 0.1) is 56.2 Å². The first-order valence-corrected chi connectivity index (χ1v) is 18.1. The molecule has 1 aliphatic heterocycles. The summed E-state index contributed by atoms with van der Waals surface area (Å²) >= 11 is 0. The second kappa shape index (κ2) is 16.4. The fraction of sp³-hybridized carbons (Fsp3) is 0.425. The molecule has 0 saturated carbocycles. The summed E-state index contributed by atoms with van der Waals surface area (Å²) in [6.07, 6.45) is 9.15. The van der Waals surface area contributed by atoms with Crippen LogP contribution in [-0.2, 0) is 53.2 Å². The molecule has 290 valence electrons. The zero-order valence-electron chi connectivity index (χ0n) is 32.0. The van der Waals surface area contributed by atoms with Gasteiger partial charge in [0, 0.05) is 55.5 Å². The molecule has 1 aromatic carbocycles. The number of esters is 1. The number of aryl methyl sites for hydroxylation is 1. The maximum atomic E-state index is 13.5. The molecule has 15 nitrogen and oxygen atoms in total. The number of pyridine rings is 2. The van der Waals surface area contributed by atoms with E-state index in [0.29, 0.717) is 51.6 Å². The molecule has 0 unspecified atom stereocenters. The van der Waals surface area contributed by atoms with Crippen LogP contribution in [0.4, 0.5) is 10.6 Å². The highest BCUT2D eigenvalue weighted by molar-refractivity contribution is 6.06. The van der Waals surface area contributed by atoms with Gasteiger partial charge >= 0.3 is 12.1 Å². The predicted molar refractivity (Wildman–Crippen MR) is 204 cm³/mol. The fourth-order valence-electron chi connectivity index (χ4n) is 6.82. The van der Waals surface area contributed by atoms with Crippen molar-refractivity contribution in [2.24, 2.45) is 0 Å². The topological polar surface area (TPSA) is 187 Å². The number of hydrogen-bond acceptors (Lipinski definition) is 11. The predicted octanol–water partition coefficient (Wildman–Crippen LogP) is 4.08. The highest BCUT2D eigenvalue weighted by Crippen LogP contribution is 2.46. The van der Waals surface area contributed by atoms with Crippen molar-refractivity contribution in [1.29, 1.82) is 0 Å². The first-order valence-electron chi connectivity index (χ1n) is 18.1. The van der Waals surface area contributed by atoms with Crippen molar-refractivity contribution in [2.45, 2.75) is 64.0 Å². The van der Waals surface area contributed by atoms with Crippen molar-refractivity contribution >= 4 is 46.7 Å². The van der Waals surface area contributed by atoms with E-state index in [0.717, 1.165) is 44.4 Å². The molecule has 0 saturated heterocycles. The van der Waals surface area contributed by atoms with E-state index in [1.165, 1.54) is 18.2 Å². The van der Waals surface area contributed by atoms with E-state index < -0.39 is 35.0 Å². The number of nitrogens with one attached hydrogen (secondary N) is 3. The summed E-state index contributed by atoms with van der Waals surface area (Å²) in [6, 6.07) is 6.63. The third-order valence-electron chi connectivity index (χ3n) is 9.58. The van der Waals surface area contributed by atoms with E-state index in [9.17, 15) is 19.2 Å².